The molecule has 21 heavy (non-hydrogen) atoms. The Hall–Kier alpha value is -1.68. The fraction of sp³-hybridized carbons (Fsp3) is 0.412. The first-order valence-corrected chi connectivity index (χ1v) is 7.95. The van der Waals surface area contributed by atoms with Gasteiger partial charge in [0.2, 0.25) is 0 Å². The number of carbonyl (C=O) groups excluding carboxylic acids is 1. The Morgan fingerprint density at radius 1 is 1.33 bits per heavy atom. The highest BCUT2D eigenvalue weighted by Gasteiger charge is 2.41. The number of nitrogens with one attached hydrogen (secondary N) is 2. The van der Waals surface area contributed by atoms with E-state index >= 15 is 0 Å². The molecule has 1 unspecified atom stereocenters. The number of hydrogen-bond donors (Lipinski definition) is 2. The van der Waals surface area contributed by atoms with Gasteiger partial charge < -0.3 is 9.97 Å². The van der Waals surface area contributed by atoms with Gasteiger partial charge in [-0.25, -0.2) is 0 Å². The van der Waals surface area contributed by atoms with Gasteiger partial charge in [0.1, 0.15) is 0 Å². The van der Waals surface area contributed by atoms with Crippen molar-refractivity contribution in [1.82, 2.24) is 9.97 Å². The molecule has 0 bridgehead atoms. The molecule has 1 aromatic carbocycles. The van der Waals surface area contributed by atoms with Crippen LogP contribution in [0.15, 0.2) is 30.5 Å². The molecule has 0 amide bonds. The van der Waals surface area contributed by atoms with Crippen molar-refractivity contribution in [1.29, 1.82) is 0 Å². The Kier molecular flexibility index (Phi) is 3.81. The van der Waals surface area contributed by atoms with Crippen LogP contribution in [0.1, 0.15) is 47.8 Å². The maximum Gasteiger partial charge on any atom is 0.174 e. The Morgan fingerprint density at radius 2 is 2.14 bits per heavy atom. The number of fused-ring (bicyclic) bond motifs is 1. The third-order valence-corrected chi connectivity index (χ3v) is 4.75. The lowest BCUT2D eigenvalue weighted by molar-refractivity contribution is 0.0732. The monoisotopic (exact) mass is 300 g/mol. The van der Waals surface area contributed by atoms with E-state index in [0.29, 0.717) is 10.6 Å². The lowest BCUT2D eigenvalue weighted by Gasteiger charge is -2.36. The summed E-state index contributed by atoms with van der Waals surface area (Å²) in [6.45, 7) is 2.15. The fourth-order valence-corrected chi connectivity index (χ4v) is 3.73. The van der Waals surface area contributed by atoms with Crippen LogP contribution < -0.4 is 0 Å². The zero-order valence-corrected chi connectivity index (χ0v) is 13.1. The highest BCUT2D eigenvalue weighted by molar-refractivity contribution is 7.71. The van der Waals surface area contributed by atoms with Crippen LogP contribution in [0.4, 0.5) is 0 Å². The van der Waals surface area contributed by atoms with Gasteiger partial charge >= 0.3 is 0 Å². The summed E-state index contributed by atoms with van der Waals surface area (Å²) in [6, 6.07) is 8.03. The molecule has 1 aliphatic rings. The average molecular weight is 300 g/mol. The second-order valence-corrected chi connectivity index (χ2v) is 6.37. The summed E-state index contributed by atoms with van der Waals surface area (Å²) in [5.74, 6) is 0.298. The Balaban J connectivity index is 1.98. The van der Waals surface area contributed by atoms with Crippen LogP contribution in [0.2, 0.25) is 0 Å². The smallest absolute Gasteiger partial charge is 0.174 e. The second-order valence-electron chi connectivity index (χ2n) is 5.96. The summed E-state index contributed by atoms with van der Waals surface area (Å²) >= 11 is 5.10. The third-order valence-electron chi connectivity index (χ3n) is 4.53. The van der Waals surface area contributed by atoms with Crippen LogP contribution in [-0.2, 0) is 12.8 Å². The van der Waals surface area contributed by atoms with Crippen molar-refractivity contribution in [2.45, 2.75) is 39.0 Å². The highest BCUT2D eigenvalue weighted by atomic mass is 32.1. The van der Waals surface area contributed by atoms with Gasteiger partial charge in [-0.05, 0) is 37.0 Å². The molecule has 110 valence electrons. The third kappa shape index (κ3) is 2.60. The van der Waals surface area contributed by atoms with E-state index in [1.807, 2.05) is 24.4 Å². The molecule has 2 N–H and O–H groups in total. The van der Waals surface area contributed by atoms with Gasteiger partial charge in [0.15, 0.2) is 10.6 Å². The number of ketones is 1. The minimum atomic E-state index is -0.288. The quantitative estimate of drug-likeness (QED) is 0.830. The van der Waals surface area contributed by atoms with Crippen molar-refractivity contribution in [3.05, 3.63) is 52.1 Å². The standard InChI is InChI=1S/C17H20N2OS/c1-2-8-17(10-13-11-18-16(21)19-13)9-7-12-5-3-4-6-14(12)15(17)20/h3-6,11H,2,7-10H2,1H3,(H2,18,19,21). The number of rotatable bonds is 4. The van der Waals surface area contributed by atoms with Gasteiger partial charge in [-0.2, -0.15) is 0 Å². The van der Waals surface area contributed by atoms with Crippen molar-refractivity contribution in [2.75, 3.05) is 0 Å². The van der Waals surface area contributed by atoms with Gasteiger partial charge in [-0.3, -0.25) is 4.79 Å². The molecule has 4 heteroatoms. The summed E-state index contributed by atoms with van der Waals surface area (Å²) in [6.07, 6.45) is 6.47. The number of Topliss-reactive ketones (excluding diaryl/α,β-unsaturated/α-hetero) is 1. The summed E-state index contributed by atoms with van der Waals surface area (Å²) in [5, 5.41) is 0. The van der Waals surface area contributed by atoms with Gasteiger partial charge in [0.25, 0.3) is 0 Å². The molecule has 0 saturated carbocycles. The number of imidazole rings is 1. The predicted molar refractivity (Wildman–Crippen MR) is 86.1 cm³/mol. The normalized spacial score (nSPS) is 21.3. The van der Waals surface area contributed by atoms with Crippen LogP contribution in [0, 0.1) is 10.2 Å². The zero-order chi connectivity index (χ0) is 14.9. The van der Waals surface area contributed by atoms with Crippen LogP contribution in [0.3, 0.4) is 0 Å². The lowest BCUT2D eigenvalue weighted by atomic mass is 9.66. The van der Waals surface area contributed by atoms with Crippen LogP contribution in [-0.4, -0.2) is 15.8 Å². The maximum atomic E-state index is 13.1. The van der Waals surface area contributed by atoms with E-state index < -0.39 is 0 Å². The molecule has 1 heterocycles. The summed E-state index contributed by atoms with van der Waals surface area (Å²) in [4.78, 5) is 19.2. The summed E-state index contributed by atoms with van der Waals surface area (Å²) < 4.78 is 0.625. The van der Waals surface area contributed by atoms with Crippen molar-refractivity contribution >= 4 is 18.0 Å². The Bertz CT molecular complexity index is 715. The van der Waals surface area contributed by atoms with E-state index in [9.17, 15) is 4.79 Å². The van der Waals surface area contributed by atoms with Gasteiger partial charge in [0, 0.05) is 29.3 Å². The number of benzene rings is 1. The summed E-state index contributed by atoms with van der Waals surface area (Å²) in [5.41, 5.74) is 2.84. The average Bonchev–Trinajstić information content (AvgIpc) is 2.89. The van der Waals surface area contributed by atoms with E-state index in [2.05, 4.69) is 23.0 Å². The zero-order valence-electron chi connectivity index (χ0n) is 12.2. The molecule has 2 aromatic rings. The minimum Gasteiger partial charge on any atom is -0.337 e. The molecular formula is C17H20N2OS. The molecular weight excluding hydrogens is 280 g/mol. The molecule has 1 aromatic heterocycles. The number of aromatic nitrogens is 2. The van der Waals surface area contributed by atoms with Crippen molar-refractivity contribution in [2.24, 2.45) is 5.41 Å². The molecule has 0 spiro atoms. The van der Waals surface area contributed by atoms with Crippen molar-refractivity contribution < 1.29 is 4.79 Å². The Labute approximate surface area is 129 Å². The SMILES string of the molecule is CCCC1(Cc2c[nH]c(=S)[nH]2)CCc2ccccc2C1=O. The van der Waals surface area contributed by atoms with E-state index in [1.165, 1.54) is 5.56 Å². The number of aromatic amines is 2. The van der Waals surface area contributed by atoms with Gasteiger partial charge in [0.05, 0.1) is 0 Å². The number of carbonyl (C=O) groups is 1. The van der Waals surface area contributed by atoms with E-state index in [0.717, 1.165) is 43.4 Å². The van der Waals surface area contributed by atoms with Gasteiger partial charge in [-0.15, -0.1) is 0 Å². The fourth-order valence-electron chi connectivity index (χ4n) is 3.54. The van der Waals surface area contributed by atoms with Crippen LogP contribution in [0.5, 0.6) is 0 Å². The molecule has 0 saturated heterocycles. The first kappa shape index (κ1) is 14.3. The van der Waals surface area contributed by atoms with E-state index in [4.69, 9.17) is 12.2 Å². The van der Waals surface area contributed by atoms with E-state index in [-0.39, 0.29) is 5.41 Å². The highest BCUT2D eigenvalue weighted by Crippen LogP contribution is 2.41. The first-order chi connectivity index (χ1) is 10.1. The second kappa shape index (κ2) is 5.60. The number of H-pyrrole nitrogens is 2. The summed E-state index contributed by atoms with van der Waals surface area (Å²) in [7, 11) is 0. The van der Waals surface area contributed by atoms with Crippen molar-refractivity contribution in [3.63, 3.8) is 0 Å². The molecule has 1 aliphatic carbocycles. The van der Waals surface area contributed by atoms with E-state index in [1.54, 1.807) is 0 Å². The van der Waals surface area contributed by atoms with Crippen LogP contribution in [0.25, 0.3) is 0 Å². The van der Waals surface area contributed by atoms with Crippen molar-refractivity contribution in [3.8, 4) is 0 Å². The number of aryl methyl sites for hydroxylation is 1. The molecule has 1 atom stereocenters. The largest absolute Gasteiger partial charge is 0.337 e. The van der Waals surface area contributed by atoms with Crippen LogP contribution >= 0.6 is 12.2 Å². The molecule has 0 radical (unpaired) electrons. The molecule has 0 fully saturated rings. The minimum absolute atomic E-state index is 0.288. The first-order valence-electron chi connectivity index (χ1n) is 7.54. The lowest BCUT2D eigenvalue weighted by Crippen LogP contribution is -2.38. The molecule has 3 nitrogen and oxygen atoms in total. The van der Waals surface area contributed by atoms with Gasteiger partial charge in [-0.1, -0.05) is 37.6 Å². The topological polar surface area (TPSA) is 48.6 Å². The predicted octanol–water partition coefficient (Wildman–Crippen LogP) is 4.23. The molecule has 0 aliphatic heterocycles. The number of hydrogen-bond acceptors (Lipinski definition) is 2. The molecule has 3 rings (SSSR count). The maximum absolute atomic E-state index is 13.1. The Morgan fingerprint density at radius 3 is 2.86 bits per heavy atom.